The van der Waals surface area contributed by atoms with Gasteiger partial charge in [-0.3, -0.25) is 4.98 Å². The Bertz CT molecular complexity index is 598. The maximum atomic E-state index is 12.8. The maximum Gasteiger partial charge on any atom is 0.141 e. The number of halogens is 1. The number of nitrogens with zero attached hydrogens (tertiary/aromatic N) is 2. The molecule has 1 atom stereocenters. The number of benzene rings is 1. The molecule has 1 aromatic heterocycles. The molecule has 1 unspecified atom stereocenters. The maximum absolute atomic E-state index is 12.8. The van der Waals surface area contributed by atoms with Gasteiger partial charge < -0.3 is 10.0 Å². The Kier molecular flexibility index (Phi) is 4.91. The number of aryl methyl sites for hydroxylation is 2. The summed E-state index contributed by atoms with van der Waals surface area (Å²) in [6, 6.07) is 9.16. The molecular formula is C17H21FN2O. The van der Waals surface area contributed by atoms with E-state index < -0.39 is 11.9 Å². The average Bonchev–Trinajstić information content (AvgIpc) is 2.45. The topological polar surface area (TPSA) is 36.4 Å². The van der Waals surface area contributed by atoms with E-state index in [9.17, 15) is 9.50 Å². The SMILES string of the molecule is Cc1ccc(N(C)CCC(O)c2ccc(F)cn2)c(C)c1. The molecule has 0 saturated heterocycles. The number of hydrogen-bond donors (Lipinski definition) is 1. The average molecular weight is 288 g/mol. The van der Waals surface area contributed by atoms with Crippen LogP contribution in [-0.2, 0) is 0 Å². The largest absolute Gasteiger partial charge is 0.387 e. The number of anilines is 1. The molecule has 0 bridgehead atoms. The normalized spacial score (nSPS) is 12.2. The van der Waals surface area contributed by atoms with Crippen molar-refractivity contribution in [1.29, 1.82) is 0 Å². The van der Waals surface area contributed by atoms with Crippen LogP contribution in [0.4, 0.5) is 10.1 Å². The molecule has 112 valence electrons. The highest BCUT2D eigenvalue weighted by molar-refractivity contribution is 5.53. The number of aromatic nitrogens is 1. The second-order valence-corrected chi connectivity index (χ2v) is 5.42. The number of pyridine rings is 1. The molecule has 1 N–H and O–H groups in total. The van der Waals surface area contributed by atoms with Gasteiger partial charge in [-0.1, -0.05) is 17.7 Å². The van der Waals surface area contributed by atoms with Crippen molar-refractivity contribution >= 4 is 5.69 Å². The van der Waals surface area contributed by atoms with E-state index in [1.54, 1.807) is 0 Å². The molecule has 2 rings (SSSR count). The minimum atomic E-state index is -0.682. The summed E-state index contributed by atoms with van der Waals surface area (Å²) in [5, 5.41) is 10.1. The van der Waals surface area contributed by atoms with Crippen molar-refractivity contribution in [1.82, 2.24) is 4.98 Å². The van der Waals surface area contributed by atoms with Crippen molar-refractivity contribution in [3.8, 4) is 0 Å². The van der Waals surface area contributed by atoms with Crippen LogP contribution < -0.4 is 4.90 Å². The fourth-order valence-electron chi connectivity index (χ4n) is 2.40. The highest BCUT2D eigenvalue weighted by Crippen LogP contribution is 2.22. The van der Waals surface area contributed by atoms with Crippen LogP contribution in [0.2, 0.25) is 0 Å². The van der Waals surface area contributed by atoms with E-state index in [2.05, 4.69) is 41.9 Å². The van der Waals surface area contributed by atoms with E-state index in [1.165, 1.54) is 23.3 Å². The molecular weight excluding hydrogens is 267 g/mol. The molecule has 1 heterocycles. The van der Waals surface area contributed by atoms with Crippen LogP contribution in [-0.4, -0.2) is 23.7 Å². The molecule has 0 fully saturated rings. The van der Waals surface area contributed by atoms with Crippen LogP contribution in [0.25, 0.3) is 0 Å². The van der Waals surface area contributed by atoms with Crippen LogP contribution in [0.3, 0.4) is 0 Å². The smallest absolute Gasteiger partial charge is 0.141 e. The van der Waals surface area contributed by atoms with Crippen molar-refractivity contribution in [2.45, 2.75) is 26.4 Å². The summed E-state index contributed by atoms with van der Waals surface area (Å²) < 4.78 is 12.8. The summed E-state index contributed by atoms with van der Waals surface area (Å²) in [4.78, 5) is 6.03. The van der Waals surface area contributed by atoms with Gasteiger partial charge in [0, 0.05) is 19.3 Å². The third-order valence-corrected chi connectivity index (χ3v) is 3.59. The van der Waals surface area contributed by atoms with Gasteiger partial charge in [0.15, 0.2) is 0 Å². The van der Waals surface area contributed by atoms with E-state index in [1.807, 2.05) is 7.05 Å². The zero-order valence-electron chi connectivity index (χ0n) is 12.7. The van der Waals surface area contributed by atoms with Gasteiger partial charge >= 0.3 is 0 Å². The Morgan fingerprint density at radius 1 is 1.24 bits per heavy atom. The molecule has 0 aliphatic carbocycles. The Labute approximate surface area is 125 Å². The monoisotopic (exact) mass is 288 g/mol. The lowest BCUT2D eigenvalue weighted by molar-refractivity contribution is 0.165. The second kappa shape index (κ2) is 6.68. The number of aliphatic hydroxyl groups is 1. The summed E-state index contributed by atoms with van der Waals surface area (Å²) >= 11 is 0. The number of rotatable bonds is 5. The fourth-order valence-corrected chi connectivity index (χ4v) is 2.40. The first kappa shape index (κ1) is 15.4. The van der Waals surface area contributed by atoms with Gasteiger partial charge in [-0.15, -0.1) is 0 Å². The van der Waals surface area contributed by atoms with Crippen molar-refractivity contribution in [2.24, 2.45) is 0 Å². The van der Waals surface area contributed by atoms with E-state index in [4.69, 9.17) is 0 Å². The van der Waals surface area contributed by atoms with Crippen molar-refractivity contribution in [3.63, 3.8) is 0 Å². The molecule has 21 heavy (non-hydrogen) atoms. The lowest BCUT2D eigenvalue weighted by Crippen LogP contribution is -2.21. The van der Waals surface area contributed by atoms with E-state index in [0.717, 1.165) is 11.9 Å². The third kappa shape index (κ3) is 4.02. The van der Waals surface area contributed by atoms with Crippen LogP contribution in [0.5, 0.6) is 0 Å². The standard InChI is InChI=1S/C17H21FN2O/c1-12-4-7-16(13(2)10-12)20(3)9-8-17(21)15-6-5-14(18)11-19-15/h4-7,10-11,17,21H,8-9H2,1-3H3. The van der Waals surface area contributed by atoms with Crippen LogP contribution >= 0.6 is 0 Å². The van der Waals surface area contributed by atoms with E-state index in [-0.39, 0.29) is 0 Å². The van der Waals surface area contributed by atoms with Crippen LogP contribution in [0.15, 0.2) is 36.5 Å². The predicted molar refractivity (Wildman–Crippen MR) is 83.0 cm³/mol. The van der Waals surface area contributed by atoms with E-state index >= 15 is 0 Å². The summed E-state index contributed by atoms with van der Waals surface area (Å²) in [6.45, 7) is 4.85. The Hall–Kier alpha value is -1.94. The molecule has 0 aliphatic rings. The summed E-state index contributed by atoms with van der Waals surface area (Å²) in [7, 11) is 2.00. The predicted octanol–water partition coefficient (Wildman–Crippen LogP) is 3.40. The zero-order valence-corrected chi connectivity index (χ0v) is 12.7. The van der Waals surface area contributed by atoms with Gasteiger partial charge in [0.2, 0.25) is 0 Å². The highest BCUT2D eigenvalue weighted by atomic mass is 19.1. The molecule has 3 nitrogen and oxygen atoms in total. The van der Waals surface area contributed by atoms with Gasteiger partial charge in [0.1, 0.15) is 5.82 Å². The summed E-state index contributed by atoms with van der Waals surface area (Å²) in [5.74, 6) is -0.390. The van der Waals surface area contributed by atoms with Crippen molar-refractivity contribution in [3.05, 3.63) is 59.2 Å². The Balaban J connectivity index is 1.97. The highest BCUT2D eigenvalue weighted by Gasteiger charge is 2.12. The van der Waals surface area contributed by atoms with Gasteiger partial charge in [-0.25, -0.2) is 4.39 Å². The van der Waals surface area contributed by atoms with Gasteiger partial charge in [0.05, 0.1) is 18.0 Å². The second-order valence-electron chi connectivity index (χ2n) is 5.42. The van der Waals surface area contributed by atoms with Crippen LogP contribution in [0.1, 0.15) is 29.3 Å². The lowest BCUT2D eigenvalue weighted by atomic mass is 10.1. The Morgan fingerprint density at radius 3 is 2.62 bits per heavy atom. The molecule has 0 amide bonds. The quantitative estimate of drug-likeness (QED) is 0.916. The zero-order chi connectivity index (χ0) is 15.4. The van der Waals surface area contributed by atoms with Gasteiger partial charge in [-0.2, -0.15) is 0 Å². The first-order chi connectivity index (χ1) is 9.97. The van der Waals surface area contributed by atoms with Crippen molar-refractivity contribution < 1.29 is 9.50 Å². The third-order valence-electron chi connectivity index (χ3n) is 3.59. The molecule has 0 spiro atoms. The molecule has 1 aromatic carbocycles. The van der Waals surface area contributed by atoms with Gasteiger partial charge in [0.25, 0.3) is 0 Å². The van der Waals surface area contributed by atoms with Crippen LogP contribution in [0, 0.1) is 19.7 Å². The molecule has 0 saturated carbocycles. The lowest BCUT2D eigenvalue weighted by Gasteiger charge is -2.23. The molecule has 4 heteroatoms. The minimum absolute atomic E-state index is 0.390. The number of aliphatic hydroxyl groups excluding tert-OH is 1. The minimum Gasteiger partial charge on any atom is -0.387 e. The first-order valence-electron chi connectivity index (χ1n) is 7.05. The Morgan fingerprint density at radius 2 is 2.00 bits per heavy atom. The van der Waals surface area contributed by atoms with E-state index in [0.29, 0.717) is 18.7 Å². The molecule has 2 aromatic rings. The summed E-state index contributed by atoms with van der Waals surface area (Å²) in [6.07, 6.45) is 0.994. The summed E-state index contributed by atoms with van der Waals surface area (Å²) in [5.41, 5.74) is 4.11. The first-order valence-corrected chi connectivity index (χ1v) is 7.05. The molecule has 0 radical (unpaired) electrons. The van der Waals surface area contributed by atoms with Gasteiger partial charge in [-0.05, 0) is 44.0 Å². The number of hydrogen-bond acceptors (Lipinski definition) is 3. The molecule has 0 aliphatic heterocycles. The fraction of sp³-hybridized carbons (Fsp3) is 0.353. The van der Waals surface area contributed by atoms with Crippen molar-refractivity contribution in [2.75, 3.05) is 18.5 Å².